The maximum atomic E-state index is 12.2. The van der Waals surface area contributed by atoms with E-state index in [-0.39, 0.29) is 24.4 Å². The van der Waals surface area contributed by atoms with Crippen LogP contribution in [0.15, 0.2) is 17.5 Å². The Bertz CT molecular complexity index is 539. The van der Waals surface area contributed by atoms with E-state index < -0.39 is 0 Å². The van der Waals surface area contributed by atoms with E-state index in [9.17, 15) is 9.59 Å². The topological polar surface area (TPSA) is 46.6 Å². The zero-order valence-corrected chi connectivity index (χ0v) is 16.0. The summed E-state index contributed by atoms with van der Waals surface area (Å²) in [6, 6.07) is 3.96. The molecule has 1 aromatic rings. The summed E-state index contributed by atoms with van der Waals surface area (Å²) in [5, 5.41) is 1.99. The van der Waals surface area contributed by atoms with Crippen molar-refractivity contribution in [2.75, 3.05) is 13.7 Å². The van der Waals surface area contributed by atoms with Crippen LogP contribution in [0.2, 0.25) is 0 Å². The predicted octanol–water partition coefficient (Wildman–Crippen LogP) is 4.10. The van der Waals surface area contributed by atoms with Gasteiger partial charge in [-0.25, -0.2) is 0 Å². The molecule has 1 aliphatic rings. The first-order chi connectivity index (χ1) is 11.3. The molecule has 5 heteroatoms. The SMILES string of the molecule is CN(Cc1cccs1)C(=O)COC(=O)C1CCC(C(C)(C)C)CC1. The lowest BCUT2D eigenvalue weighted by atomic mass is 9.70. The third-order valence-corrected chi connectivity index (χ3v) is 5.88. The molecule has 1 aromatic heterocycles. The molecule has 1 amide bonds. The van der Waals surface area contributed by atoms with E-state index in [0.29, 0.717) is 17.9 Å². The minimum atomic E-state index is -0.208. The fraction of sp³-hybridized carbons (Fsp3) is 0.684. The molecule has 1 aliphatic carbocycles. The number of thiophene rings is 1. The number of esters is 1. The van der Waals surface area contributed by atoms with Gasteiger partial charge in [-0.3, -0.25) is 9.59 Å². The maximum absolute atomic E-state index is 12.2. The van der Waals surface area contributed by atoms with Gasteiger partial charge in [0.15, 0.2) is 6.61 Å². The first-order valence-electron chi connectivity index (χ1n) is 8.70. The van der Waals surface area contributed by atoms with Crippen molar-refractivity contribution < 1.29 is 14.3 Å². The monoisotopic (exact) mass is 351 g/mol. The van der Waals surface area contributed by atoms with Crippen molar-refractivity contribution in [2.45, 2.75) is 53.0 Å². The number of likely N-dealkylation sites (N-methyl/N-ethyl adjacent to an activating group) is 1. The molecule has 1 fully saturated rings. The number of amides is 1. The second-order valence-electron chi connectivity index (χ2n) is 7.85. The normalized spacial score (nSPS) is 21.3. The van der Waals surface area contributed by atoms with Crippen molar-refractivity contribution in [3.63, 3.8) is 0 Å². The molecule has 0 bridgehead atoms. The summed E-state index contributed by atoms with van der Waals surface area (Å²) in [5.41, 5.74) is 0.301. The minimum Gasteiger partial charge on any atom is -0.455 e. The van der Waals surface area contributed by atoms with E-state index in [1.165, 1.54) is 0 Å². The number of carbonyl (C=O) groups excluding carboxylic acids is 2. The van der Waals surface area contributed by atoms with Crippen molar-refractivity contribution in [1.29, 1.82) is 0 Å². The molecule has 0 spiro atoms. The van der Waals surface area contributed by atoms with Crippen LogP contribution in [0.1, 0.15) is 51.3 Å². The molecule has 0 saturated heterocycles. The molecule has 0 unspecified atom stereocenters. The van der Waals surface area contributed by atoms with E-state index in [1.54, 1.807) is 23.3 Å². The zero-order chi connectivity index (χ0) is 17.7. The van der Waals surface area contributed by atoms with Gasteiger partial charge >= 0.3 is 5.97 Å². The summed E-state index contributed by atoms with van der Waals surface area (Å²) in [4.78, 5) is 27.0. The highest BCUT2D eigenvalue weighted by Crippen LogP contribution is 2.40. The number of ether oxygens (including phenoxy) is 1. The van der Waals surface area contributed by atoms with Gasteiger partial charge in [-0.05, 0) is 48.5 Å². The van der Waals surface area contributed by atoms with E-state index in [1.807, 2.05) is 17.5 Å². The van der Waals surface area contributed by atoms with Gasteiger partial charge in [0.1, 0.15) is 0 Å². The number of rotatable bonds is 5. The summed E-state index contributed by atoms with van der Waals surface area (Å²) < 4.78 is 5.28. The van der Waals surface area contributed by atoms with Crippen molar-refractivity contribution in [3.05, 3.63) is 22.4 Å². The quantitative estimate of drug-likeness (QED) is 0.750. The van der Waals surface area contributed by atoms with Crippen LogP contribution in [-0.2, 0) is 20.9 Å². The minimum absolute atomic E-state index is 0.0426. The molecule has 4 nitrogen and oxygen atoms in total. The Hall–Kier alpha value is -1.36. The van der Waals surface area contributed by atoms with E-state index >= 15 is 0 Å². The first kappa shape index (κ1) is 19.0. The highest BCUT2D eigenvalue weighted by atomic mass is 32.1. The van der Waals surface area contributed by atoms with Gasteiger partial charge in [0.25, 0.3) is 5.91 Å². The summed E-state index contributed by atoms with van der Waals surface area (Å²) in [6.07, 6.45) is 3.88. The molecule has 0 atom stereocenters. The van der Waals surface area contributed by atoms with Gasteiger partial charge < -0.3 is 9.64 Å². The van der Waals surface area contributed by atoms with Gasteiger partial charge in [-0.2, -0.15) is 0 Å². The number of hydrogen-bond acceptors (Lipinski definition) is 4. The van der Waals surface area contributed by atoms with E-state index in [0.717, 1.165) is 30.6 Å². The summed E-state index contributed by atoms with van der Waals surface area (Å²) in [7, 11) is 1.74. The van der Waals surface area contributed by atoms with Gasteiger partial charge in [0.05, 0.1) is 12.5 Å². The van der Waals surface area contributed by atoms with Crippen LogP contribution in [0.3, 0.4) is 0 Å². The van der Waals surface area contributed by atoms with Crippen molar-refractivity contribution in [1.82, 2.24) is 4.90 Å². The Kier molecular flexibility index (Phi) is 6.44. The number of carbonyl (C=O) groups is 2. The second kappa shape index (κ2) is 8.15. The molecule has 0 aromatic carbocycles. The molecular formula is C19H29NO3S. The Morgan fingerprint density at radius 1 is 1.25 bits per heavy atom. The highest BCUT2D eigenvalue weighted by Gasteiger charge is 2.33. The average Bonchev–Trinajstić information content (AvgIpc) is 3.04. The maximum Gasteiger partial charge on any atom is 0.309 e. The Balaban J connectivity index is 1.72. The summed E-state index contributed by atoms with van der Waals surface area (Å²) >= 11 is 1.62. The van der Waals surface area contributed by atoms with E-state index in [4.69, 9.17) is 4.74 Å². The predicted molar refractivity (Wildman–Crippen MR) is 96.7 cm³/mol. The molecule has 1 heterocycles. The van der Waals surface area contributed by atoms with E-state index in [2.05, 4.69) is 20.8 Å². The fourth-order valence-corrected chi connectivity index (χ4v) is 4.04. The zero-order valence-electron chi connectivity index (χ0n) is 15.2. The average molecular weight is 352 g/mol. The molecule has 2 rings (SSSR count). The van der Waals surface area contributed by atoms with Crippen LogP contribution in [0, 0.1) is 17.3 Å². The molecule has 24 heavy (non-hydrogen) atoms. The molecule has 134 valence electrons. The molecule has 0 N–H and O–H groups in total. The van der Waals surface area contributed by atoms with Crippen molar-refractivity contribution in [2.24, 2.45) is 17.3 Å². The molecule has 0 radical (unpaired) electrons. The van der Waals surface area contributed by atoms with Crippen molar-refractivity contribution >= 4 is 23.2 Å². The summed E-state index contributed by atoms with van der Waals surface area (Å²) in [6.45, 7) is 7.19. The second-order valence-corrected chi connectivity index (χ2v) is 8.88. The standard InChI is InChI=1S/C19H29NO3S/c1-19(2,3)15-9-7-14(8-10-15)18(22)23-13-17(21)20(4)12-16-6-5-11-24-16/h5-6,11,14-15H,7-10,12-13H2,1-4H3. The van der Waals surface area contributed by atoms with Crippen LogP contribution < -0.4 is 0 Å². The van der Waals surface area contributed by atoms with Crippen LogP contribution >= 0.6 is 11.3 Å². The van der Waals surface area contributed by atoms with Crippen LogP contribution in [0.4, 0.5) is 0 Å². The lowest BCUT2D eigenvalue weighted by Gasteiger charge is -2.36. The molecule has 0 aliphatic heterocycles. The third-order valence-electron chi connectivity index (χ3n) is 5.02. The molecular weight excluding hydrogens is 322 g/mol. The van der Waals surface area contributed by atoms with Gasteiger partial charge in [-0.15, -0.1) is 11.3 Å². The summed E-state index contributed by atoms with van der Waals surface area (Å²) in [5.74, 6) is 0.263. The van der Waals surface area contributed by atoms with Gasteiger partial charge in [0.2, 0.25) is 0 Å². The molecule has 1 saturated carbocycles. The van der Waals surface area contributed by atoms with Gasteiger partial charge in [0, 0.05) is 11.9 Å². The highest BCUT2D eigenvalue weighted by molar-refractivity contribution is 7.09. The van der Waals surface area contributed by atoms with Crippen LogP contribution in [-0.4, -0.2) is 30.4 Å². The van der Waals surface area contributed by atoms with Crippen molar-refractivity contribution in [3.8, 4) is 0 Å². The Labute approximate surface area is 149 Å². The smallest absolute Gasteiger partial charge is 0.309 e. The Morgan fingerprint density at radius 3 is 2.46 bits per heavy atom. The largest absolute Gasteiger partial charge is 0.455 e. The van der Waals surface area contributed by atoms with Crippen LogP contribution in [0.25, 0.3) is 0 Å². The lowest BCUT2D eigenvalue weighted by Crippen LogP contribution is -2.33. The van der Waals surface area contributed by atoms with Gasteiger partial charge in [-0.1, -0.05) is 26.8 Å². The fourth-order valence-electron chi connectivity index (χ4n) is 3.28. The number of hydrogen-bond donors (Lipinski definition) is 0. The Morgan fingerprint density at radius 2 is 1.92 bits per heavy atom. The van der Waals surface area contributed by atoms with Crippen LogP contribution in [0.5, 0.6) is 0 Å². The third kappa shape index (κ3) is 5.33. The first-order valence-corrected chi connectivity index (χ1v) is 9.58. The number of nitrogens with zero attached hydrogens (tertiary/aromatic N) is 1. The lowest BCUT2D eigenvalue weighted by molar-refractivity contribution is -0.156.